The summed E-state index contributed by atoms with van der Waals surface area (Å²) in [5, 5.41) is 5.42. The zero-order chi connectivity index (χ0) is 13.3. The van der Waals surface area contributed by atoms with Gasteiger partial charge < -0.3 is 0 Å². The Morgan fingerprint density at radius 3 is 2.89 bits per heavy atom. The molecule has 0 aromatic carbocycles. The van der Waals surface area contributed by atoms with Crippen molar-refractivity contribution in [2.24, 2.45) is 0 Å². The molecule has 100 valence electrons. The number of hydrogen-bond acceptors (Lipinski definition) is 4. The molecule has 1 aromatic rings. The van der Waals surface area contributed by atoms with Gasteiger partial charge in [0.25, 0.3) is 0 Å². The summed E-state index contributed by atoms with van der Waals surface area (Å²) in [5.41, 5.74) is 0.720. The Kier molecular flexibility index (Phi) is 4.83. The maximum absolute atomic E-state index is 12.6. The molecule has 1 aliphatic rings. The van der Waals surface area contributed by atoms with E-state index in [9.17, 15) is 4.79 Å². The molecule has 2 rings (SSSR count). The summed E-state index contributed by atoms with van der Waals surface area (Å²) < 4.78 is 2.59. The molecule has 0 bridgehead atoms. The number of aromatic nitrogens is 2. The normalized spacial score (nSPS) is 28.3. The quantitative estimate of drug-likeness (QED) is 0.783. The Hall–Kier alpha value is 0.0600. The van der Waals surface area contributed by atoms with Crippen molar-refractivity contribution >= 4 is 45.2 Å². The standard InChI is InChI=1S/C12H17BrN2OS2/c1-4-15-11(9(13)5-14-15)12(16)10-6-17-7(2)8(3)18-10/h5,7-8,10H,4,6H2,1-3H3. The van der Waals surface area contributed by atoms with E-state index in [4.69, 9.17) is 0 Å². The summed E-state index contributed by atoms with van der Waals surface area (Å²) in [7, 11) is 0. The molecule has 1 fully saturated rings. The second-order valence-corrected chi connectivity index (χ2v) is 8.24. The number of carbonyl (C=O) groups is 1. The van der Waals surface area contributed by atoms with Crippen molar-refractivity contribution in [2.45, 2.75) is 43.1 Å². The molecule has 0 amide bonds. The summed E-state index contributed by atoms with van der Waals surface area (Å²) >= 11 is 7.12. The number of aryl methyl sites for hydroxylation is 1. The summed E-state index contributed by atoms with van der Waals surface area (Å²) in [6.45, 7) is 7.16. The molecule has 0 N–H and O–H groups in total. The highest BCUT2D eigenvalue weighted by Crippen LogP contribution is 2.37. The lowest BCUT2D eigenvalue weighted by Gasteiger charge is -2.30. The zero-order valence-electron chi connectivity index (χ0n) is 10.7. The van der Waals surface area contributed by atoms with Crippen molar-refractivity contribution in [3.63, 3.8) is 0 Å². The number of halogens is 1. The van der Waals surface area contributed by atoms with Crippen LogP contribution in [-0.2, 0) is 6.54 Å². The van der Waals surface area contributed by atoms with E-state index in [1.165, 1.54) is 0 Å². The van der Waals surface area contributed by atoms with Gasteiger partial charge in [0.1, 0.15) is 5.69 Å². The van der Waals surface area contributed by atoms with Crippen molar-refractivity contribution in [3.05, 3.63) is 16.4 Å². The summed E-state index contributed by atoms with van der Waals surface area (Å²) in [6.07, 6.45) is 1.71. The third-order valence-corrected chi connectivity index (χ3v) is 7.14. The molecule has 18 heavy (non-hydrogen) atoms. The molecule has 1 aromatic heterocycles. The Bertz CT molecular complexity index is 449. The van der Waals surface area contributed by atoms with Crippen LogP contribution < -0.4 is 0 Å². The first-order valence-electron chi connectivity index (χ1n) is 6.07. The smallest absolute Gasteiger partial charge is 0.195 e. The first-order chi connectivity index (χ1) is 8.54. The van der Waals surface area contributed by atoms with Crippen LogP contribution in [0.5, 0.6) is 0 Å². The molecular weight excluding hydrogens is 332 g/mol. The number of nitrogens with zero attached hydrogens (tertiary/aromatic N) is 2. The number of carbonyl (C=O) groups excluding carboxylic acids is 1. The highest BCUT2D eigenvalue weighted by atomic mass is 79.9. The second kappa shape index (κ2) is 6.01. The van der Waals surface area contributed by atoms with E-state index in [2.05, 4.69) is 34.9 Å². The fourth-order valence-corrected chi connectivity index (χ4v) is 5.27. The summed E-state index contributed by atoms with van der Waals surface area (Å²) in [5.74, 6) is 1.11. The van der Waals surface area contributed by atoms with Gasteiger partial charge in [0.05, 0.1) is 15.9 Å². The van der Waals surface area contributed by atoms with E-state index >= 15 is 0 Å². The van der Waals surface area contributed by atoms with Gasteiger partial charge in [0, 0.05) is 22.8 Å². The van der Waals surface area contributed by atoms with Gasteiger partial charge in [0.15, 0.2) is 5.78 Å². The molecule has 0 spiro atoms. The van der Waals surface area contributed by atoms with Crippen LogP contribution in [0.3, 0.4) is 0 Å². The molecule has 2 heterocycles. The van der Waals surface area contributed by atoms with Crippen molar-refractivity contribution in [2.75, 3.05) is 5.75 Å². The lowest BCUT2D eigenvalue weighted by atomic mass is 10.2. The molecule has 3 atom stereocenters. The van der Waals surface area contributed by atoms with E-state index in [1.807, 2.05) is 18.7 Å². The van der Waals surface area contributed by atoms with E-state index < -0.39 is 0 Å². The van der Waals surface area contributed by atoms with Gasteiger partial charge in [-0.15, -0.1) is 11.8 Å². The molecule has 6 heteroatoms. The van der Waals surface area contributed by atoms with Crippen molar-refractivity contribution in [3.8, 4) is 0 Å². The fraction of sp³-hybridized carbons (Fsp3) is 0.667. The number of ketones is 1. The predicted molar refractivity (Wildman–Crippen MR) is 82.7 cm³/mol. The van der Waals surface area contributed by atoms with Crippen LogP contribution in [-0.4, -0.2) is 37.1 Å². The number of Topliss-reactive ketones (excluding diaryl/α,β-unsaturated/α-hetero) is 1. The first kappa shape index (κ1) is 14.5. The molecule has 3 unspecified atom stereocenters. The summed E-state index contributed by atoms with van der Waals surface area (Å²) in [4.78, 5) is 12.6. The largest absolute Gasteiger partial charge is 0.291 e. The van der Waals surface area contributed by atoms with Crippen molar-refractivity contribution in [1.29, 1.82) is 0 Å². The Morgan fingerprint density at radius 2 is 2.28 bits per heavy atom. The molecule has 3 nitrogen and oxygen atoms in total. The number of thioether (sulfide) groups is 2. The number of rotatable bonds is 3. The molecular formula is C12H17BrN2OS2. The minimum atomic E-state index is 0.0551. The molecule has 0 saturated carbocycles. The first-order valence-corrected chi connectivity index (χ1v) is 8.85. The van der Waals surface area contributed by atoms with Gasteiger partial charge in [0.2, 0.25) is 0 Å². The maximum Gasteiger partial charge on any atom is 0.195 e. The predicted octanol–water partition coefficient (Wildman–Crippen LogP) is 3.47. The van der Waals surface area contributed by atoms with Gasteiger partial charge >= 0.3 is 0 Å². The molecule has 0 radical (unpaired) electrons. The zero-order valence-corrected chi connectivity index (χ0v) is 13.9. The fourth-order valence-electron chi connectivity index (χ4n) is 1.92. The van der Waals surface area contributed by atoms with E-state index in [-0.39, 0.29) is 11.0 Å². The van der Waals surface area contributed by atoms with E-state index in [0.717, 1.165) is 22.5 Å². The van der Waals surface area contributed by atoms with Crippen molar-refractivity contribution in [1.82, 2.24) is 9.78 Å². The van der Waals surface area contributed by atoms with Gasteiger partial charge in [-0.1, -0.05) is 13.8 Å². The van der Waals surface area contributed by atoms with Gasteiger partial charge in [-0.2, -0.15) is 16.9 Å². The van der Waals surface area contributed by atoms with Gasteiger partial charge in [-0.25, -0.2) is 0 Å². The SMILES string of the molecule is CCn1ncc(Br)c1C(=O)C1CSC(C)C(C)S1. The van der Waals surface area contributed by atoms with Crippen LogP contribution >= 0.6 is 39.5 Å². The molecule has 0 aliphatic carbocycles. The average molecular weight is 349 g/mol. The van der Waals surface area contributed by atoms with Crippen LogP contribution in [0, 0.1) is 0 Å². The number of hydrogen-bond donors (Lipinski definition) is 0. The minimum absolute atomic E-state index is 0.0551. The monoisotopic (exact) mass is 348 g/mol. The topological polar surface area (TPSA) is 34.9 Å². The average Bonchev–Trinajstić information content (AvgIpc) is 2.73. The Labute approximate surface area is 125 Å². The molecule has 1 saturated heterocycles. The van der Waals surface area contributed by atoms with Crippen LogP contribution in [0.2, 0.25) is 0 Å². The van der Waals surface area contributed by atoms with E-state index in [0.29, 0.717) is 10.5 Å². The van der Waals surface area contributed by atoms with Crippen LogP contribution in [0.4, 0.5) is 0 Å². The minimum Gasteiger partial charge on any atom is -0.291 e. The highest BCUT2D eigenvalue weighted by Gasteiger charge is 2.33. The maximum atomic E-state index is 12.6. The Balaban J connectivity index is 2.18. The van der Waals surface area contributed by atoms with Gasteiger partial charge in [-0.05, 0) is 22.9 Å². The Morgan fingerprint density at radius 1 is 1.56 bits per heavy atom. The second-order valence-electron chi connectivity index (χ2n) is 4.39. The van der Waals surface area contributed by atoms with Crippen LogP contribution in [0.1, 0.15) is 31.3 Å². The van der Waals surface area contributed by atoms with Crippen molar-refractivity contribution < 1.29 is 4.79 Å². The third kappa shape index (κ3) is 2.80. The van der Waals surface area contributed by atoms with E-state index in [1.54, 1.807) is 22.6 Å². The lowest BCUT2D eigenvalue weighted by molar-refractivity contribution is 0.0984. The molecule has 1 aliphatic heterocycles. The lowest BCUT2D eigenvalue weighted by Crippen LogP contribution is -2.33. The van der Waals surface area contributed by atoms with Crippen LogP contribution in [0.25, 0.3) is 0 Å². The van der Waals surface area contributed by atoms with Gasteiger partial charge in [-0.3, -0.25) is 9.48 Å². The summed E-state index contributed by atoms with van der Waals surface area (Å²) in [6, 6.07) is 0. The van der Waals surface area contributed by atoms with Crippen LogP contribution in [0.15, 0.2) is 10.7 Å². The highest BCUT2D eigenvalue weighted by molar-refractivity contribution is 9.10. The third-order valence-electron chi connectivity index (χ3n) is 3.17.